The lowest BCUT2D eigenvalue weighted by atomic mass is 9.75. The topological polar surface area (TPSA) is 37.3 Å². The van der Waals surface area contributed by atoms with Gasteiger partial charge in [0.15, 0.2) is 0 Å². The van der Waals surface area contributed by atoms with Crippen LogP contribution in [0.3, 0.4) is 0 Å². The molecule has 0 aromatic carbocycles. The molecule has 0 amide bonds. The van der Waals surface area contributed by atoms with Crippen molar-refractivity contribution >= 4 is 5.97 Å². The van der Waals surface area contributed by atoms with Gasteiger partial charge in [0, 0.05) is 6.08 Å². The largest absolute Gasteiger partial charge is 0.478 e. The Kier molecular flexibility index (Phi) is 2.11. The van der Waals surface area contributed by atoms with E-state index in [1.165, 1.54) is 38.2 Å². The van der Waals surface area contributed by atoms with Crippen LogP contribution in [0.1, 0.15) is 32.1 Å². The van der Waals surface area contributed by atoms with Crippen molar-refractivity contribution in [3.63, 3.8) is 0 Å². The normalized spacial score (nSPS) is 47.6. The second-order valence-electron chi connectivity index (χ2n) is 5.52. The minimum Gasteiger partial charge on any atom is -0.478 e. The molecule has 15 heavy (non-hydrogen) atoms. The second kappa shape index (κ2) is 3.36. The molecule has 3 aliphatic rings. The highest BCUT2D eigenvalue weighted by atomic mass is 16.4. The molecule has 0 saturated heterocycles. The van der Waals surface area contributed by atoms with E-state index >= 15 is 0 Å². The number of hydrogen-bond donors (Lipinski definition) is 1. The van der Waals surface area contributed by atoms with Crippen LogP contribution in [0, 0.1) is 29.6 Å². The Balaban J connectivity index is 1.73. The van der Waals surface area contributed by atoms with Crippen molar-refractivity contribution in [1.29, 1.82) is 0 Å². The molecule has 82 valence electrons. The fourth-order valence-electron chi connectivity index (χ4n) is 4.55. The molecule has 0 aromatic heterocycles. The smallest absolute Gasteiger partial charge is 0.327 e. The summed E-state index contributed by atoms with van der Waals surface area (Å²) >= 11 is 0. The number of carbonyl (C=O) groups is 1. The van der Waals surface area contributed by atoms with Gasteiger partial charge < -0.3 is 5.11 Å². The highest BCUT2D eigenvalue weighted by molar-refractivity contribution is 5.79. The van der Waals surface area contributed by atoms with Gasteiger partial charge >= 0.3 is 5.97 Å². The number of allylic oxidation sites excluding steroid dienone is 1. The van der Waals surface area contributed by atoms with E-state index in [0.29, 0.717) is 5.92 Å². The van der Waals surface area contributed by atoms with Crippen LogP contribution in [0.5, 0.6) is 0 Å². The predicted octanol–water partition coefficient (Wildman–Crippen LogP) is 2.70. The van der Waals surface area contributed by atoms with Crippen LogP contribution >= 0.6 is 0 Å². The van der Waals surface area contributed by atoms with Crippen molar-refractivity contribution in [2.75, 3.05) is 0 Å². The standard InChI is InChI=1S/C13H18O2/c14-13(15)5-4-8-6-9-7-12(8)11-3-1-2-10(9)11/h4-5,8-12H,1-3,6-7H2,(H,14,15)/t8-,9-,10-,11-,12-/m0/s1. The van der Waals surface area contributed by atoms with E-state index in [2.05, 4.69) is 0 Å². The molecule has 3 fully saturated rings. The molecule has 0 unspecified atom stereocenters. The number of carboxylic acids is 1. The van der Waals surface area contributed by atoms with Gasteiger partial charge in [-0.3, -0.25) is 0 Å². The maximum Gasteiger partial charge on any atom is 0.327 e. The second-order valence-corrected chi connectivity index (χ2v) is 5.52. The first-order valence-electron chi connectivity index (χ1n) is 6.17. The van der Waals surface area contributed by atoms with E-state index in [9.17, 15) is 4.79 Å². The number of rotatable bonds is 2. The van der Waals surface area contributed by atoms with Gasteiger partial charge in [-0.15, -0.1) is 0 Å². The monoisotopic (exact) mass is 206 g/mol. The summed E-state index contributed by atoms with van der Waals surface area (Å²) in [5.74, 6) is 3.46. The molecule has 2 heteroatoms. The maximum atomic E-state index is 10.5. The summed E-state index contributed by atoms with van der Waals surface area (Å²) in [4.78, 5) is 10.5. The Morgan fingerprint density at radius 3 is 2.73 bits per heavy atom. The lowest BCUT2D eigenvalue weighted by Gasteiger charge is -2.29. The lowest BCUT2D eigenvalue weighted by molar-refractivity contribution is -0.131. The summed E-state index contributed by atoms with van der Waals surface area (Å²) in [6.45, 7) is 0. The molecule has 3 rings (SSSR count). The van der Waals surface area contributed by atoms with Crippen molar-refractivity contribution in [2.24, 2.45) is 29.6 Å². The molecule has 5 atom stereocenters. The Morgan fingerprint density at radius 2 is 1.93 bits per heavy atom. The molecule has 0 heterocycles. The lowest BCUT2D eigenvalue weighted by Crippen LogP contribution is -2.23. The van der Waals surface area contributed by atoms with Crippen LogP contribution < -0.4 is 0 Å². The quantitative estimate of drug-likeness (QED) is 0.705. The Hall–Kier alpha value is -0.790. The third-order valence-electron chi connectivity index (χ3n) is 4.97. The van der Waals surface area contributed by atoms with Gasteiger partial charge in [-0.2, -0.15) is 0 Å². The van der Waals surface area contributed by atoms with E-state index < -0.39 is 5.97 Å². The minimum absolute atomic E-state index is 0.574. The van der Waals surface area contributed by atoms with Gasteiger partial charge in [0.25, 0.3) is 0 Å². The number of hydrogen-bond acceptors (Lipinski definition) is 1. The zero-order valence-corrected chi connectivity index (χ0v) is 8.93. The highest BCUT2D eigenvalue weighted by Crippen LogP contribution is 2.61. The van der Waals surface area contributed by atoms with Crippen LogP contribution in [0.4, 0.5) is 0 Å². The fourth-order valence-corrected chi connectivity index (χ4v) is 4.55. The van der Waals surface area contributed by atoms with Gasteiger partial charge in [-0.25, -0.2) is 4.79 Å². The van der Waals surface area contributed by atoms with Crippen molar-refractivity contribution in [3.8, 4) is 0 Å². The number of aliphatic carboxylic acids is 1. The van der Waals surface area contributed by atoms with Gasteiger partial charge in [-0.05, 0) is 55.3 Å². The van der Waals surface area contributed by atoms with E-state index in [0.717, 1.165) is 23.7 Å². The molecule has 0 spiro atoms. The van der Waals surface area contributed by atoms with E-state index in [4.69, 9.17) is 5.11 Å². The third kappa shape index (κ3) is 1.42. The fraction of sp³-hybridized carbons (Fsp3) is 0.769. The van der Waals surface area contributed by atoms with Crippen molar-refractivity contribution in [3.05, 3.63) is 12.2 Å². The van der Waals surface area contributed by atoms with Crippen molar-refractivity contribution < 1.29 is 9.90 Å². The predicted molar refractivity (Wildman–Crippen MR) is 57.3 cm³/mol. The van der Waals surface area contributed by atoms with E-state index in [-0.39, 0.29) is 0 Å². The molecule has 2 nitrogen and oxygen atoms in total. The average molecular weight is 206 g/mol. The number of fused-ring (bicyclic) bond motifs is 5. The molecular weight excluding hydrogens is 188 g/mol. The molecule has 3 aliphatic carbocycles. The summed E-state index contributed by atoms with van der Waals surface area (Å²) in [5.41, 5.74) is 0. The zero-order valence-electron chi connectivity index (χ0n) is 8.93. The Labute approximate surface area is 90.4 Å². The number of carboxylic acid groups (broad SMARTS) is 1. The van der Waals surface area contributed by atoms with Crippen LogP contribution in [0.15, 0.2) is 12.2 Å². The van der Waals surface area contributed by atoms with Gasteiger partial charge in [0.1, 0.15) is 0 Å². The third-order valence-corrected chi connectivity index (χ3v) is 4.97. The molecular formula is C13H18O2. The van der Waals surface area contributed by atoms with Crippen molar-refractivity contribution in [2.45, 2.75) is 32.1 Å². The van der Waals surface area contributed by atoms with E-state index in [1.807, 2.05) is 6.08 Å². The summed E-state index contributed by atoms with van der Waals surface area (Å²) in [5, 5.41) is 8.64. The molecule has 0 aliphatic heterocycles. The van der Waals surface area contributed by atoms with Crippen LogP contribution in [-0.4, -0.2) is 11.1 Å². The first-order chi connectivity index (χ1) is 7.25. The summed E-state index contributed by atoms with van der Waals surface area (Å²) < 4.78 is 0. The van der Waals surface area contributed by atoms with Crippen LogP contribution in [-0.2, 0) is 4.79 Å². The molecule has 0 aromatic rings. The summed E-state index contributed by atoms with van der Waals surface area (Å²) in [6, 6.07) is 0. The minimum atomic E-state index is -0.791. The summed E-state index contributed by atoms with van der Waals surface area (Å²) in [6.07, 6.45) is 10.2. The van der Waals surface area contributed by atoms with Crippen molar-refractivity contribution in [1.82, 2.24) is 0 Å². The summed E-state index contributed by atoms with van der Waals surface area (Å²) in [7, 11) is 0. The zero-order chi connectivity index (χ0) is 10.4. The van der Waals surface area contributed by atoms with Gasteiger partial charge in [-0.1, -0.05) is 12.5 Å². The first-order valence-corrected chi connectivity index (χ1v) is 6.17. The average Bonchev–Trinajstić information content (AvgIpc) is 2.86. The molecule has 1 N–H and O–H groups in total. The maximum absolute atomic E-state index is 10.5. The highest BCUT2D eigenvalue weighted by Gasteiger charge is 2.52. The van der Waals surface area contributed by atoms with Crippen LogP contribution in [0.2, 0.25) is 0 Å². The Morgan fingerprint density at radius 1 is 1.13 bits per heavy atom. The van der Waals surface area contributed by atoms with Crippen LogP contribution in [0.25, 0.3) is 0 Å². The SMILES string of the molecule is O=C(O)C=C[C@H]1C[C@H]2C[C@@H]1[C@H]1CCC[C@@H]21. The van der Waals surface area contributed by atoms with Gasteiger partial charge in [0.2, 0.25) is 0 Å². The van der Waals surface area contributed by atoms with Gasteiger partial charge in [0.05, 0.1) is 0 Å². The van der Waals surface area contributed by atoms with E-state index in [1.54, 1.807) is 0 Å². The molecule has 0 radical (unpaired) electrons. The molecule has 2 bridgehead atoms. The first kappa shape index (κ1) is 9.44. The Bertz CT molecular complexity index is 308. The molecule has 3 saturated carbocycles.